The number of unbranched alkanes of at least 4 members (excludes halogenated alkanes) is 2. The Balaban J connectivity index is 1.40. The minimum absolute atomic E-state index is 0.897. The third-order valence-corrected chi connectivity index (χ3v) is 6.70. The van der Waals surface area contributed by atoms with Crippen LogP contribution >= 0.6 is 0 Å². The van der Waals surface area contributed by atoms with Crippen LogP contribution in [0.3, 0.4) is 0 Å². The summed E-state index contributed by atoms with van der Waals surface area (Å²) in [5, 5.41) is 0. The molecule has 0 N–H and O–H groups in total. The molecule has 3 rings (SSSR count). The molecule has 0 aliphatic heterocycles. The van der Waals surface area contributed by atoms with E-state index < -0.39 is 0 Å². The molecule has 0 spiro atoms. The molecule has 0 radical (unpaired) electrons. The summed E-state index contributed by atoms with van der Waals surface area (Å²) in [6, 6.07) is 19.0. The molecule has 1 aliphatic carbocycles. The second-order valence-electron chi connectivity index (χ2n) is 9.14. The fourth-order valence-electron chi connectivity index (χ4n) is 4.75. The van der Waals surface area contributed by atoms with Gasteiger partial charge in [0.15, 0.2) is 0 Å². The highest BCUT2D eigenvalue weighted by Crippen LogP contribution is 2.33. The van der Waals surface area contributed by atoms with Gasteiger partial charge in [-0.3, -0.25) is 0 Å². The zero-order chi connectivity index (χ0) is 19.6. The van der Waals surface area contributed by atoms with E-state index in [1.807, 2.05) is 0 Å². The Morgan fingerprint density at radius 1 is 0.536 bits per heavy atom. The summed E-state index contributed by atoms with van der Waals surface area (Å²) >= 11 is 0. The zero-order valence-electron chi connectivity index (χ0n) is 18.3. The summed E-state index contributed by atoms with van der Waals surface area (Å²) in [5.74, 6) is 1.79. The lowest BCUT2D eigenvalue weighted by Crippen LogP contribution is -2.18. The highest BCUT2D eigenvalue weighted by atomic mass is 14.3. The van der Waals surface area contributed by atoms with Gasteiger partial charge < -0.3 is 0 Å². The predicted molar refractivity (Wildman–Crippen MR) is 123 cm³/mol. The minimum atomic E-state index is 0.897. The first kappa shape index (κ1) is 21.2. The van der Waals surface area contributed by atoms with Gasteiger partial charge in [0.25, 0.3) is 0 Å². The molecule has 0 heterocycles. The first-order chi connectivity index (χ1) is 13.8. The molecule has 28 heavy (non-hydrogen) atoms. The second kappa shape index (κ2) is 11.4. The lowest BCUT2D eigenvalue weighted by atomic mass is 9.77. The fraction of sp³-hybridized carbons (Fsp3) is 0.571. The van der Waals surface area contributed by atoms with E-state index in [1.54, 1.807) is 11.1 Å². The van der Waals surface area contributed by atoms with Crippen molar-refractivity contribution in [2.24, 2.45) is 11.8 Å². The van der Waals surface area contributed by atoms with E-state index >= 15 is 0 Å². The molecule has 2 aromatic rings. The highest BCUT2D eigenvalue weighted by molar-refractivity contribution is 5.24. The van der Waals surface area contributed by atoms with Gasteiger partial charge in [-0.15, -0.1) is 0 Å². The van der Waals surface area contributed by atoms with Crippen LogP contribution in [0, 0.1) is 11.8 Å². The van der Waals surface area contributed by atoms with Crippen molar-refractivity contribution in [3.8, 4) is 0 Å². The van der Waals surface area contributed by atoms with Crippen molar-refractivity contribution in [1.29, 1.82) is 0 Å². The van der Waals surface area contributed by atoms with Gasteiger partial charge in [-0.25, -0.2) is 0 Å². The Labute approximate surface area is 173 Å². The van der Waals surface area contributed by atoms with Gasteiger partial charge in [0.05, 0.1) is 0 Å². The molecule has 0 amide bonds. The SMILES string of the molecule is CCCCc1ccc(C[C@H]2CC[C@H](Cc3ccc(CCCC)cc3)CC2)cc1. The van der Waals surface area contributed by atoms with Crippen molar-refractivity contribution in [2.75, 3.05) is 0 Å². The van der Waals surface area contributed by atoms with E-state index in [9.17, 15) is 0 Å². The molecule has 0 nitrogen and oxygen atoms in total. The number of aryl methyl sites for hydroxylation is 2. The maximum absolute atomic E-state index is 2.39. The van der Waals surface area contributed by atoms with E-state index in [-0.39, 0.29) is 0 Å². The average molecular weight is 377 g/mol. The maximum Gasteiger partial charge on any atom is -0.0250 e. The van der Waals surface area contributed by atoms with Crippen LogP contribution in [-0.4, -0.2) is 0 Å². The van der Waals surface area contributed by atoms with Gasteiger partial charge in [-0.05, 0) is 98.3 Å². The zero-order valence-corrected chi connectivity index (χ0v) is 18.3. The lowest BCUT2D eigenvalue weighted by Gasteiger charge is -2.28. The van der Waals surface area contributed by atoms with Crippen molar-refractivity contribution in [3.63, 3.8) is 0 Å². The van der Waals surface area contributed by atoms with Crippen LogP contribution in [0.25, 0.3) is 0 Å². The molecule has 152 valence electrons. The second-order valence-corrected chi connectivity index (χ2v) is 9.14. The summed E-state index contributed by atoms with van der Waals surface area (Å²) in [6.45, 7) is 4.54. The lowest BCUT2D eigenvalue weighted by molar-refractivity contribution is 0.272. The van der Waals surface area contributed by atoms with Gasteiger partial charge in [0.1, 0.15) is 0 Å². The van der Waals surface area contributed by atoms with Gasteiger partial charge in [-0.2, -0.15) is 0 Å². The topological polar surface area (TPSA) is 0 Å². The van der Waals surface area contributed by atoms with Crippen LogP contribution in [0.15, 0.2) is 48.5 Å². The molecule has 0 aromatic heterocycles. The van der Waals surface area contributed by atoms with Gasteiger partial charge in [0.2, 0.25) is 0 Å². The van der Waals surface area contributed by atoms with Crippen molar-refractivity contribution < 1.29 is 0 Å². The first-order valence-corrected chi connectivity index (χ1v) is 11.9. The minimum Gasteiger partial charge on any atom is -0.0654 e. The van der Waals surface area contributed by atoms with Crippen molar-refractivity contribution >= 4 is 0 Å². The number of benzene rings is 2. The molecule has 1 aliphatic rings. The first-order valence-electron chi connectivity index (χ1n) is 11.9. The molecule has 0 unspecified atom stereocenters. The standard InChI is InChI=1S/C28H40/c1-3-5-7-23-9-13-25(14-10-23)21-27-17-19-28(20-18-27)22-26-15-11-24(12-16-26)8-6-4-2/h9-16,27-28H,3-8,17-22H2,1-2H3/t27-,28-. The molecule has 0 bridgehead atoms. The van der Waals surface area contributed by atoms with E-state index in [0.29, 0.717) is 0 Å². The maximum atomic E-state index is 2.39. The van der Waals surface area contributed by atoms with Crippen LogP contribution < -0.4 is 0 Å². The monoisotopic (exact) mass is 376 g/mol. The third-order valence-electron chi connectivity index (χ3n) is 6.70. The van der Waals surface area contributed by atoms with Crippen LogP contribution in [0.4, 0.5) is 0 Å². The molecule has 2 aromatic carbocycles. The Morgan fingerprint density at radius 2 is 0.857 bits per heavy atom. The van der Waals surface area contributed by atoms with Gasteiger partial charge >= 0.3 is 0 Å². The summed E-state index contributed by atoms with van der Waals surface area (Å²) in [5.41, 5.74) is 6.11. The van der Waals surface area contributed by atoms with Gasteiger partial charge in [-0.1, -0.05) is 75.2 Å². The number of hydrogen-bond donors (Lipinski definition) is 0. The predicted octanol–water partition coefficient (Wildman–Crippen LogP) is 7.96. The van der Waals surface area contributed by atoms with Crippen LogP contribution in [0.5, 0.6) is 0 Å². The quantitative estimate of drug-likeness (QED) is 0.394. The average Bonchev–Trinajstić information content (AvgIpc) is 2.74. The summed E-state index contributed by atoms with van der Waals surface area (Å²) in [6.07, 6.45) is 15.9. The van der Waals surface area contributed by atoms with Crippen molar-refractivity contribution in [3.05, 3.63) is 70.8 Å². The summed E-state index contributed by atoms with van der Waals surface area (Å²) in [7, 11) is 0. The highest BCUT2D eigenvalue weighted by Gasteiger charge is 2.21. The Morgan fingerprint density at radius 3 is 1.18 bits per heavy atom. The molecular formula is C28H40. The summed E-state index contributed by atoms with van der Waals surface area (Å²) in [4.78, 5) is 0. The summed E-state index contributed by atoms with van der Waals surface area (Å²) < 4.78 is 0. The normalized spacial score (nSPS) is 19.6. The molecular weight excluding hydrogens is 336 g/mol. The smallest absolute Gasteiger partial charge is 0.0250 e. The van der Waals surface area contributed by atoms with E-state index in [4.69, 9.17) is 0 Å². The van der Waals surface area contributed by atoms with Crippen molar-refractivity contribution in [2.45, 2.75) is 90.9 Å². The van der Waals surface area contributed by atoms with E-state index in [2.05, 4.69) is 62.4 Å². The molecule has 0 saturated heterocycles. The number of hydrogen-bond acceptors (Lipinski definition) is 0. The Bertz CT molecular complexity index is 595. The van der Waals surface area contributed by atoms with Crippen LogP contribution in [0.1, 0.15) is 87.5 Å². The third kappa shape index (κ3) is 6.80. The molecule has 0 heteroatoms. The molecule has 1 saturated carbocycles. The van der Waals surface area contributed by atoms with E-state index in [0.717, 1.165) is 11.8 Å². The van der Waals surface area contributed by atoms with E-state index in [1.165, 1.54) is 88.2 Å². The Kier molecular flexibility index (Phi) is 8.65. The number of rotatable bonds is 10. The molecule has 0 atom stereocenters. The fourth-order valence-corrected chi connectivity index (χ4v) is 4.75. The Hall–Kier alpha value is -1.56. The van der Waals surface area contributed by atoms with Gasteiger partial charge in [0, 0.05) is 0 Å². The van der Waals surface area contributed by atoms with Crippen LogP contribution in [0.2, 0.25) is 0 Å². The van der Waals surface area contributed by atoms with Crippen LogP contribution in [-0.2, 0) is 25.7 Å². The largest absolute Gasteiger partial charge is 0.0654 e. The molecule has 1 fully saturated rings. The van der Waals surface area contributed by atoms with Crippen molar-refractivity contribution in [1.82, 2.24) is 0 Å².